The van der Waals surface area contributed by atoms with Crippen molar-refractivity contribution in [1.82, 2.24) is 9.97 Å². The molecule has 98 valence electrons. The number of aromatic hydroxyl groups is 1. The Bertz CT molecular complexity index is 769. The molecule has 1 aromatic carbocycles. The molecule has 0 amide bonds. The molecule has 1 heterocycles. The first-order chi connectivity index (χ1) is 8.97. The molecule has 19 heavy (non-hydrogen) atoms. The lowest BCUT2D eigenvalue weighted by Crippen LogP contribution is -2.06. The van der Waals surface area contributed by atoms with Crippen LogP contribution in [-0.4, -0.2) is 15.1 Å². The topological polar surface area (TPSA) is 93.6 Å². The molecule has 0 aliphatic carbocycles. The highest BCUT2D eigenvalue weighted by Crippen LogP contribution is 2.28. The second-order valence-electron chi connectivity index (χ2n) is 3.40. The van der Waals surface area contributed by atoms with Gasteiger partial charge >= 0.3 is 0 Å². The van der Waals surface area contributed by atoms with Crippen LogP contribution in [0.25, 0.3) is 0 Å². The van der Waals surface area contributed by atoms with Crippen LogP contribution in [-0.2, 0) is 0 Å². The molecule has 3 N–H and O–H groups in total. The van der Waals surface area contributed by atoms with Gasteiger partial charge in [0.15, 0.2) is 4.77 Å². The van der Waals surface area contributed by atoms with E-state index < -0.39 is 11.4 Å². The molecule has 0 saturated carbocycles. The third-order valence-electron chi connectivity index (χ3n) is 2.07. The molecule has 0 radical (unpaired) electrons. The predicted molar refractivity (Wildman–Crippen MR) is 74.6 cm³/mol. The summed E-state index contributed by atoms with van der Waals surface area (Å²) in [5.74, 6) is -0.461. The van der Waals surface area contributed by atoms with Crippen molar-refractivity contribution in [3.63, 3.8) is 0 Å². The number of azo groups is 1. The molecule has 0 saturated heterocycles. The van der Waals surface area contributed by atoms with Crippen molar-refractivity contribution in [2.75, 3.05) is 0 Å². The van der Waals surface area contributed by atoms with Crippen molar-refractivity contribution in [1.29, 1.82) is 0 Å². The summed E-state index contributed by atoms with van der Waals surface area (Å²) in [6.07, 6.45) is 0. The Labute approximate surface area is 121 Å². The minimum Gasteiger partial charge on any atom is -0.493 e. The van der Waals surface area contributed by atoms with Gasteiger partial charge in [-0.05, 0) is 30.4 Å². The smallest absolute Gasteiger partial charge is 0.283 e. The molecule has 2 aromatic rings. The third kappa shape index (κ3) is 3.19. The Morgan fingerprint density at radius 3 is 2.53 bits per heavy atom. The first-order valence-electron chi connectivity index (χ1n) is 4.90. The van der Waals surface area contributed by atoms with Gasteiger partial charge in [0.05, 0.1) is 15.7 Å². The molecule has 0 aliphatic heterocycles. The van der Waals surface area contributed by atoms with E-state index in [0.717, 1.165) is 0 Å². The highest BCUT2D eigenvalue weighted by Gasteiger charge is 2.06. The number of aromatic amines is 2. The Hall–Kier alpha value is -1.70. The summed E-state index contributed by atoms with van der Waals surface area (Å²) >= 11 is 16.2. The summed E-state index contributed by atoms with van der Waals surface area (Å²) in [4.78, 5) is 16.1. The minimum absolute atomic E-state index is 0.00372. The maximum atomic E-state index is 11.5. The van der Waals surface area contributed by atoms with Crippen LogP contribution in [0.4, 0.5) is 11.4 Å². The second kappa shape index (κ2) is 5.52. The van der Waals surface area contributed by atoms with E-state index in [2.05, 4.69) is 32.4 Å². The van der Waals surface area contributed by atoms with E-state index in [1.807, 2.05) is 0 Å². The average Bonchev–Trinajstić information content (AvgIpc) is 2.32. The van der Waals surface area contributed by atoms with Crippen molar-refractivity contribution >= 4 is 46.8 Å². The first-order valence-corrected chi connectivity index (χ1v) is 6.06. The fourth-order valence-electron chi connectivity index (χ4n) is 1.22. The summed E-state index contributed by atoms with van der Waals surface area (Å²) in [6, 6.07) is 4.58. The van der Waals surface area contributed by atoms with Gasteiger partial charge in [-0.15, -0.1) is 5.11 Å². The summed E-state index contributed by atoms with van der Waals surface area (Å²) in [5.41, 5.74) is -0.541. The molecule has 1 aromatic heterocycles. The Morgan fingerprint density at radius 2 is 1.89 bits per heavy atom. The van der Waals surface area contributed by atoms with Crippen LogP contribution in [0.3, 0.4) is 0 Å². The van der Waals surface area contributed by atoms with Gasteiger partial charge in [-0.25, -0.2) is 0 Å². The van der Waals surface area contributed by atoms with Crippen LogP contribution in [0.1, 0.15) is 0 Å². The molecule has 6 nitrogen and oxygen atoms in total. The number of aromatic nitrogens is 2. The Balaban J connectivity index is 2.40. The van der Waals surface area contributed by atoms with Crippen LogP contribution >= 0.6 is 35.4 Å². The van der Waals surface area contributed by atoms with E-state index >= 15 is 0 Å². The molecule has 0 atom stereocenters. The summed E-state index contributed by atoms with van der Waals surface area (Å²) in [6.45, 7) is 0. The third-order valence-corrected chi connectivity index (χ3v) is 3.01. The van der Waals surface area contributed by atoms with E-state index in [0.29, 0.717) is 15.7 Å². The molecule has 9 heteroatoms. The van der Waals surface area contributed by atoms with Gasteiger partial charge in [0.2, 0.25) is 11.6 Å². The highest BCUT2D eigenvalue weighted by atomic mass is 35.5. The van der Waals surface area contributed by atoms with E-state index in [-0.39, 0.29) is 10.5 Å². The van der Waals surface area contributed by atoms with Gasteiger partial charge in [-0.2, -0.15) is 5.11 Å². The highest BCUT2D eigenvalue weighted by molar-refractivity contribution is 7.71. The number of hydrogen-bond acceptors (Lipinski definition) is 5. The second-order valence-corrected chi connectivity index (χ2v) is 4.63. The SMILES string of the molecule is O=c1[nH]c(=S)[nH]c(O)c1N=Nc1ccc(Cl)c(Cl)c1. The van der Waals surface area contributed by atoms with Crippen molar-refractivity contribution in [3.05, 3.63) is 43.4 Å². The lowest BCUT2D eigenvalue weighted by atomic mass is 10.3. The number of nitrogens with zero attached hydrogens (tertiary/aromatic N) is 2. The normalized spacial score (nSPS) is 11.1. The van der Waals surface area contributed by atoms with Gasteiger partial charge in [0, 0.05) is 0 Å². The van der Waals surface area contributed by atoms with Gasteiger partial charge in [-0.1, -0.05) is 23.2 Å². The maximum absolute atomic E-state index is 11.5. The monoisotopic (exact) mass is 316 g/mol. The fraction of sp³-hybridized carbons (Fsp3) is 0. The zero-order valence-corrected chi connectivity index (χ0v) is 11.5. The summed E-state index contributed by atoms with van der Waals surface area (Å²) < 4.78 is -0.00372. The van der Waals surface area contributed by atoms with Gasteiger partial charge in [-0.3, -0.25) is 9.78 Å². The van der Waals surface area contributed by atoms with Crippen LogP contribution in [0, 0.1) is 4.77 Å². The van der Waals surface area contributed by atoms with Gasteiger partial charge < -0.3 is 10.1 Å². The standard InChI is InChI=1S/C10H6Cl2N4O2S/c11-5-2-1-4(3-6(5)12)15-16-7-8(17)13-10(19)14-9(7)18/h1-3H,(H3,13,14,17,18,19). The predicted octanol–water partition coefficient (Wildman–Crippen LogP) is 3.86. The lowest BCUT2D eigenvalue weighted by molar-refractivity contribution is 0.451. The summed E-state index contributed by atoms with van der Waals surface area (Å²) in [5, 5.41) is 17.6. The van der Waals surface area contributed by atoms with Crippen LogP contribution in [0.2, 0.25) is 10.0 Å². The number of nitrogens with one attached hydrogen (secondary N) is 2. The van der Waals surface area contributed by atoms with Crippen LogP contribution < -0.4 is 5.56 Å². The number of rotatable bonds is 2. The van der Waals surface area contributed by atoms with Crippen molar-refractivity contribution < 1.29 is 5.11 Å². The van der Waals surface area contributed by atoms with E-state index in [9.17, 15) is 9.90 Å². The average molecular weight is 317 g/mol. The number of halogens is 2. The Morgan fingerprint density at radius 1 is 1.16 bits per heavy atom. The van der Waals surface area contributed by atoms with Crippen LogP contribution in [0.5, 0.6) is 5.88 Å². The molecule has 2 rings (SSSR count). The zero-order chi connectivity index (χ0) is 14.0. The molecule has 0 bridgehead atoms. The van der Waals surface area contributed by atoms with Gasteiger partial charge in [0.1, 0.15) is 0 Å². The lowest BCUT2D eigenvalue weighted by Gasteiger charge is -1.98. The van der Waals surface area contributed by atoms with E-state index in [4.69, 9.17) is 23.2 Å². The molecular weight excluding hydrogens is 311 g/mol. The summed E-state index contributed by atoms with van der Waals surface area (Å²) in [7, 11) is 0. The minimum atomic E-state index is -0.648. The van der Waals surface area contributed by atoms with Crippen LogP contribution in [0.15, 0.2) is 33.2 Å². The zero-order valence-electron chi connectivity index (χ0n) is 9.15. The van der Waals surface area contributed by atoms with E-state index in [1.165, 1.54) is 6.07 Å². The van der Waals surface area contributed by atoms with Crippen molar-refractivity contribution in [2.24, 2.45) is 10.2 Å². The number of benzene rings is 1. The fourth-order valence-corrected chi connectivity index (χ4v) is 1.70. The molecule has 0 spiro atoms. The molecule has 0 fully saturated rings. The first kappa shape index (κ1) is 13.7. The number of hydrogen-bond donors (Lipinski definition) is 3. The quantitative estimate of drug-likeness (QED) is 0.580. The van der Waals surface area contributed by atoms with Gasteiger partial charge in [0.25, 0.3) is 5.56 Å². The van der Waals surface area contributed by atoms with Crippen molar-refractivity contribution in [2.45, 2.75) is 0 Å². The van der Waals surface area contributed by atoms with E-state index in [1.54, 1.807) is 12.1 Å². The molecular formula is C10H6Cl2N4O2S. The molecule has 0 unspecified atom stereocenters. The largest absolute Gasteiger partial charge is 0.493 e. The molecule has 0 aliphatic rings. The van der Waals surface area contributed by atoms with Crippen molar-refractivity contribution in [3.8, 4) is 5.88 Å². The number of H-pyrrole nitrogens is 2. The maximum Gasteiger partial charge on any atom is 0.283 e. The Kier molecular flexibility index (Phi) is 3.98.